The molecule has 0 spiro atoms. The van der Waals surface area contributed by atoms with E-state index in [-0.39, 0.29) is 0 Å². The third-order valence-electron chi connectivity index (χ3n) is 2.38. The van der Waals surface area contributed by atoms with Crippen molar-refractivity contribution >= 4 is 0 Å². The van der Waals surface area contributed by atoms with Crippen molar-refractivity contribution in [3.8, 4) is 5.88 Å². The highest BCUT2D eigenvalue weighted by molar-refractivity contribution is 5.22. The summed E-state index contributed by atoms with van der Waals surface area (Å²) in [6, 6.07) is 9.94. The van der Waals surface area contributed by atoms with Crippen LogP contribution in [-0.2, 0) is 13.2 Å². The monoisotopic (exact) mass is 259 g/mol. The second-order valence-corrected chi connectivity index (χ2v) is 3.83. The maximum atomic E-state index is 5.58. The van der Waals surface area contributed by atoms with Crippen molar-refractivity contribution in [2.45, 2.75) is 33.9 Å². The fourth-order valence-corrected chi connectivity index (χ4v) is 1.53. The van der Waals surface area contributed by atoms with Crippen LogP contribution in [0.2, 0.25) is 0 Å². The van der Waals surface area contributed by atoms with E-state index in [1.54, 1.807) is 6.07 Å². The van der Waals surface area contributed by atoms with Crippen LogP contribution in [0.5, 0.6) is 5.88 Å². The lowest BCUT2D eigenvalue weighted by Crippen LogP contribution is -2.02. The van der Waals surface area contributed by atoms with Gasteiger partial charge in [-0.1, -0.05) is 43.7 Å². The summed E-state index contributed by atoms with van der Waals surface area (Å²) in [5.74, 6) is 0.557. The van der Waals surface area contributed by atoms with Gasteiger partial charge in [0.05, 0.1) is 5.69 Å². The Morgan fingerprint density at radius 2 is 1.95 bits per heavy atom. The molecule has 0 aliphatic carbocycles. The van der Waals surface area contributed by atoms with Gasteiger partial charge in [0.2, 0.25) is 5.88 Å². The average Bonchev–Trinajstić information content (AvgIpc) is 2.47. The molecule has 2 aromatic rings. The van der Waals surface area contributed by atoms with E-state index in [1.165, 1.54) is 11.9 Å². The molecular formula is C15H21N3O. The lowest BCUT2D eigenvalue weighted by molar-refractivity contribution is 0.292. The molecule has 0 radical (unpaired) electrons. The Labute approximate surface area is 114 Å². The molecule has 4 heteroatoms. The van der Waals surface area contributed by atoms with Crippen LogP contribution in [0.25, 0.3) is 0 Å². The topological polar surface area (TPSA) is 61.0 Å². The molecule has 0 saturated heterocycles. The summed E-state index contributed by atoms with van der Waals surface area (Å²) < 4.78 is 5.58. The molecule has 1 aromatic heterocycles. The third kappa shape index (κ3) is 5.06. The van der Waals surface area contributed by atoms with Crippen molar-refractivity contribution in [3.05, 3.63) is 53.5 Å². The van der Waals surface area contributed by atoms with Crippen molar-refractivity contribution in [2.75, 3.05) is 0 Å². The first kappa shape index (κ1) is 15.1. The highest BCUT2D eigenvalue weighted by atomic mass is 16.5. The molecule has 19 heavy (non-hydrogen) atoms. The second-order valence-electron chi connectivity index (χ2n) is 3.83. The van der Waals surface area contributed by atoms with E-state index in [0.29, 0.717) is 19.0 Å². The molecule has 0 saturated carbocycles. The minimum absolute atomic E-state index is 0.392. The predicted molar refractivity (Wildman–Crippen MR) is 76.8 cm³/mol. The Morgan fingerprint density at radius 3 is 2.63 bits per heavy atom. The van der Waals surface area contributed by atoms with Crippen LogP contribution in [0.1, 0.15) is 30.7 Å². The van der Waals surface area contributed by atoms with Crippen LogP contribution in [0.3, 0.4) is 0 Å². The van der Waals surface area contributed by atoms with Crippen LogP contribution >= 0.6 is 0 Å². The number of rotatable bonds is 4. The molecule has 0 amide bonds. The molecule has 2 N–H and O–H groups in total. The summed E-state index contributed by atoms with van der Waals surface area (Å²) in [5, 5.41) is 0. The Bertz CT molecular complexity index is 500. The molecule has 1 aromatic carbocycles. The number of hydrogen-bond donors (Lipinski definition) is 1. The molecule has 102 valence electrons. The van der Waals surface area contributed by atoms with Gasteiger partial charge >= 0.3 is 0 Å². The highest BCUT2D eigenvalue weighted by Crippen LogP contribution is 2.10. The van der Waals surface area contributed by atoms with Crippen molar-refractivity contribution in [1.29, 1.82) is 0 Å². The van der Waals surface area contributed by atoms with E-state index < -0.39 is 0 Å². The summed E-state index contributed by atoms with van der Waals surface area (Å²) in [6.07, 6.45) is 1.47. The Hall–Kier alpha value is -1.94. The SMILES string of the molecule is CC.Cc1cccc(COc2cc(CN)ncn2)c1. The third-order valence-corrected chi connectivity index (χ3v) is 2.38. The average molecular weight is 259 g/mol. The van der Waals surface area contributed by atoms with Gasteiger partial charge in [-0.15, -0.1) is 0 Å². The number of benzene rings is 1. The highest BCUT2D eigenvalue weighted by Gasteiger charge is 1.99. The molecule has 0 fully saturated rings. The molecule has 0 bridgehead atoms. The van der Waals surface area contributed by atoms with Crippen molar-refractivity contribution < 1.29 is 4.74 Å². The molecular weight excluding hydrogens is 238 g/mol. The van der Waals surface area contributed by atoms with Crippen LogP contribution in [0.4, 0.5) is 0 Å². The van der Waals surface area contributed by atoms with E-state index in [2.05, 4.69) is 29.0 Å². The number of aromatic nitrogens is 2. The first-order valence-corrected chi connectivity index (χ1v) is 6.47. The standard InChI is InChI=1S/C13H15N3O.C2H6/c1-10-3-2-4-11(5-10)8-17-13-6-12(7-14)15-9-16-13;1-2/h2-6,9H,7-8,14H2,1H3;1-2H3. The van der Waals surface area contributed by atoms with E-state index in [9.17, 15) is 0 Å². The van der Waals surface area contributed by atoms with Crippen LogP contribution in [0, 0.1) is 6.92 Å². The number of aryl methyl sites for hydroxylation is 1. The quantitative estimate of drug-likeness (QED) is 0.917. The summed E-state index contributed by atoms with van der Waals surface area (Å²) in [4.78, 5) is 8.05. The summed E-state index contributed by atoms with van der Waals surface area (Å²) >= 11 is 0. The van der Waals surface area contributed by atoms with E-state index in [0.717, 1.165) is 11.3 Å². The number of ether oxygens (including phenoxy) is 1. The first-order valence-electron chi connectivity index (χ1n) is 6.47. The van der Waals surface area contributed by atoms with E-state index in [4.69, 9.17) is 10.5 Å². The molecule has 1 heterocycles. The van der Waals surface area contributed by atoms with Crippen LogP contribution in [-0.4, -0.2) is 9.97 Å². The van der Waals surface area contributed by atoms with Gasteiger partial charge in [-0.2, -0.15) is 0 Å². The van der Waals surface area contributed by atoms with Crippen molar-refractivity contribution in [2.24, 2.45) is 5.73 Å². The normalized spacial score (nSPS) is 9.47. The Balaban J connectivity index is 0.000000861. The van der Waals surface area contributed by atoms with Crippen molar-refractivity contribution in [3.63, 3.8) is 0 Å². The molecule has 0 aliphatic heterocycles. The zero-order valence-corrected chi connectivity index (χ0v) is 11.8. The molecule has 4 nitrogen and oxygen atoms in total. The van der Waals surface area contributed by atoms with Gasteiger partial charge < -0.3 is 10.5 Å². The second kappa shape index (κ2) is 8.21. The fraction of sp³-hybridized carbons (Fsp3) is 0.333. The zero-order valence-electron chi connectivity index (χ0n) is 11.8. The lowest BCUT2D eigenvalue weighted by Gasteiger charge is -2.06. The van der Waals surface area contributed by atoms with Gasteiger partial charge in [-0.05, 0) is 12.5 Å². The Kier molecular flexibility index (Phi) is 6.53. The summed E-state index contributed by atoms with van der Waals surface area (Å²) in [7, 11) is 0. The van der Waals surface area contributed by atoms with Gasteiger partial charge in [-0.25, -0.2) is 9.97 Å². The fourth-order valence-electron chi connectivity index (χ4n) is 1.53. The summed E-state index contributed by atoms with van der Waals surface area (Å²) in [6.45, 7) is 6.95. The number of nitrogens with two attached hydrogens (primary N) is 1. The van der Waals surface area contributed by atoms with E-state index in [1.807, 2.05) is 26.0 Å². The van der Waals surface area contributed by atoms with Gasteiger partial charge in [-0.3, -0.25) is 0 Å². The first-order chi connectivity index (χ1) is 9.28. The molecule has 0 aliphatic rings. The van der Waals surface area contributed by atoms with Gasteiger partial charge in [0.15, 0.2) is 0 Å². The number of hydrogen-bond acceptors (Lipinski definition) is 4. The smallest absolute Gasteiger partial charge is 0.216 e. The summed E-state index contributed by atoms with van der Waals surface area (Å²) in [5.41, 5.74) is 8.62. The minimum Gasteiger partial charge on any atom is -0.473 e. The van der Waals surface area contributed by atoms with Gasteiger partial charge in [0.25, 0.3) is 0 Å². The van der Waals surface area contributed by atoms with Gasteiger partial charge in [0.1, 0.15) is 12.9 Å². The lowest BCUT2D eigenvalue weighted by atomic mass is 10.1. The molecule has 0 unspecified atom stereocenters. The number of nitrogens with zero attached hydrogens (tertiary/aromatic N) is 2. The van der Waals surface area contributed by atoms with Crippen LogP contribution in [0.15, 0.2) is 36.7 Å². The zero-order chi connectivity index (χ0) is 14.1. The van der Waals surface area contributed by atoms with E-state index >= 15 is 0 Å². The predicted octanol–water partition coefficient (Wildman–Crippen LogP) is 2.85. The largest absolute Gasteiger partial charge is 0.473 e. The molecule has 2 rings (SSSR count). The molecule has 0 atom stereocenters. The van der Waals surface area contributed by atoms with Crippen molar-refractivity contribution in [1.82, 2.24) is 9.97 Å². The Morgan fingerprint density at radius 1 is 1.16 bits per heavy atom. The van der Waals surface area contributed by atoms with Gasteiger partial charge in [0, 0.05) is 12.6 Å². The minimum atomic E-state index is 0.392. The maximum absolute atomic E-state index is 5.58. The maximum Gasteiger partial charge on any atom is 0.216 e. The van der Waals surface area contributed by atoms with Crippen LogP contribution < -0.4 is 10.5 Å².